The molecule has 4 nitrogen and oxygen atoms in total. The zero-order valence-corrected chi connectivity index (χ0v) is 12.9. The first-order chi connectivity index (χ1) is 10.3. The minimum absolute atomic E-state index is 0.0186. The van der Waals surface area contributed by atoms with Gasteiger partial charge in [0, 0.05) is 6.54 Å². The summed E-state index contributed by atoms with van der Waals surface area (Å²) in [5.74, 6) is 0.205. The number of thiophene rings is 1. The molecule has 1 aliphatic heterocycles. The zero-order chi connectivity index (χ0) is 14.7. The Labute approximate surface area is 129 Å². The van der Waals surface area contributed by atoms with Crippen LogP contribution in [0.3, 0.4) is 0 Å². The number of ether oxygens (including phenoxy) is 2. The highest BCUT2D eigenvalue weighted by molar-refractivity contribution is 7.07. The number of rotatable bonds is 5. The van der Waals surface area contributed by atoms with Crippen LogP contribution in [-0.4, -0.2) is 48.8 Å². The average Bonchev–Trinajstić information content (AvgIpc) is 3.14. The van der Waals surface area contributed by atoms with Crippen molar-refractivity contribution < 1.29 is 14.3 Å². The van der Waals surface area contributed by atoms with E-state index in [2.05, 4.69) is 6.58 Å². The van der Waals surface area contributed by atoms with Crippen molar-refractivity contribution in [3.8, 4) is 0 Å². The molecule has 2 fully saturated rings. The Kier molecular flexibility index (Phi) is 4.73. The highest BCUT2D eigenvalue weighted by Gasteiger charge is 2.44. The topological polar surface area (TPSA) is 38.8 Å². The van der Waals surface area contributed by atoms with E-state index in [1.54, 1.807) is 17.4 Å². The number of fused-ring (bicyclic) bond motifs is 1. The molecule has 1 saturated carbocycles. The Morgan fingerprint density at radius 3 is 3.24 bits per heavy atom. The molecule has 0 aromatic carbocycles. The van der Waals surface area contributed by atoms with Gasteiger partial charge in [-0.05, 0) is 35.2 Å². The monoisotopic (exact) mass is 307 g/mol. The molecular weight excluding hydrogens is 286 g/mol. The van der Waals surface area contributed by atoms with Gasteiger partial charge in [0.05, 0.1) is 31.8 Å². The van der Waals surface area contributed by atoms with Gasteiger partial charge in [-0.25, -0.2) is 0 Å². The van der Waals surface area contributed by atoms with Gasteiger partial charge in [0.15, 0.2) is 0 Å². The van der Waals surface area contributed by atoms with Crippen molar-refractivity contribution in [1.82, 2.24) is 4.90 Å². The fraction of sp³-hybridized carbons (Fsp3) is 0.562. The smallest absolute Gasteiger partial charge is 0.227 e. The summed E-state index contributed by atoms with van der Waals surface area (Å²) in [7, 11) is 0. The third-order valence-electron chi connectivity index (χ3n) is 4.22. The predicted molar refractivity (Wildman–Crippen MR) is 82.4 cm³/mol. The van der Waals surface area contributed by atoms with Crippen LogP contribution < -0.4 is 0 Å². The SMILES string of the molecule is C=CCO[C@@H]1CC[C@H]2[C@H]1OCCN2C(=O)Cc1ccsc1. The van der Waals surface area contributed by atoms with Gasteiger partial charge in [0.2, 0.25) is 5.91 Å². The van der Waals surface area contributed by atoms with Crippen LogP contribution >= 0.6 is 11.3 Å². The zero-order valence-electron chi connectivity index (χ0n) is 12.1. The van der Waals surface area contributed by atoms with E-state index in [4.69, 9.17) is 9.47 Å². The summed E-state index contributed by atoms with van der Waals surface area (Å²) in [5.41, 5.74) is 1.10. The molecule has 0 spiro atoms. The van der Waals surface area contributed by atoms with E-state index in [1.165, 1.54) is 0 Å². The number of morpholine rings is 1. The first kappa shape index (κ1) is 14.8. The van der Waals surface area contributed by atoms with Crippen LogP contribution in [0.4, 0.5) is 0 Å². The van der Waals surface area contributed by atoms with Gasteiger partial charge < -0.3 is 14.4 Å². The fourth-order valence-electron chi connectivity index (χ4n) is 3.26. The third-order valence-corrected chi connectivity index (χ3v) is 4.95. The molecule has 1 aromatic rings. The van der Waals surface area contributed by atoms with E-state index in [0.717, 1.165) is 18.4 Å². The Balaban J connectivity index is 1.64. The first-order valence-corrected chi connectivity index (χ1v) is 8.38. The Hall–Kier alpha value is -1.17. The van der Waals surface area contributed by atoms with Gasteiger partial charge in [-0.15, -0.1) is 6.58 Å². The standard InChI is InChI=1S/C16H21NO3S/c1-2-7-19-14-4-3-13-16(14)20-8-6-17(13)15(18)10-12-5-9-21-11-12/h2,5,9,11,13-14,16H,1,3-4,6-8,10H2/t13-,14+,16+/m0/s1. The lowest BCUT2D eigenvalue weighted by Gasteiger charge is -2.39. The average molecular weight is 307 g/mol. The van der Waals surface area contributed by atoms with Crippen molar-refractivity contribution in [2.45, 2.75) is 37.5 Å². The lowest BCUT2D eigenvalue weighted by atomic mass is 10.1. The van der Waals surface area contributed by atoms with Gasteiger partial charge >= 0.3 is 0 Å². The van der Waals surface area contributed by atoms with Crippen LogP contribution in [0.25, 0.3) is 0 Å². The molecule has 3 rings (SSSR count). The van der Waals surface area contributed by atoms with Crippen LogP contribution in [-0.2, 0) is 20.7 Å². The van der Waals surface area contributed by atoms with Crippen molar-refractivity contribution in [3.05, 3.63) is 35.0 Å². The molecule has 1 aliphatic carbocycles. The van der Waals surface area contributed by atoms with Crippen LogP contribution in [0, 0.1) is 0 Å². The normalized spacial score (nSPS) is 28.4. The number of hydrogen-bond acceptors (Lipinski definition) is 4. The van der Waals surface area contributed by atoms with Crippen molar-refractivity contribution in [2.24, 2.45) is 0 Å². The maximum absolute atomic E-state index is 12.5. The molecule has 5 heteroatoms. The highest BCUT2D eigenvalue weighted by Crippen LogP contribution is 2.32. The summed E-state index contributed by atoms with van der Waals surface area (Å²) in [6.07, 6.45) is 4.27. The molecule has 3 atom stereocenters. The molecule has 21 heavy (non-hydrogen) atoms. The molecule has 0 radical (unpaired) electrons. The second kappa shape index (κ2) is 6.73. The molecule has 1 saturated heterocycles. The Morgan fingerprint density at radius 2 is 2.48 bits per heavy atom. The summed E-state index contributed by atoms with van der Waals surface area (Å²) < 4.78 is 11.7. The van der Waals surface area contributed by atoms with E-state index in [-0.39, 0.29) is 24.2 Å². The minimum Gasteiger partial charge on any atom is -0.372 e. The van der Waals surface area contributed by atoms with Crippen molar-refractivity contribution in [3.63, 3.8) is 0 Å². The largest absolute Gasteiger partial charge is 0.372 e. The van der Waals surface area contributed by atoms with Crippen molar-refractivity contribution >= 4 is 17.2 Å². The molecule has 0 bridgehead atoms. The summed E-state index contributed by atoms with van der Waals surface area (Å²) >= 11 is 1.63. The summed E-state index contributed by atoms with van der Waals surface area (Å²) in [5, 5.41) is 4.06. The molecule has 1 amide bonds. The minimum atomic E-state index is 0.0186. The summed E-state index contributed by atoms with van der Waals surface area (Å²) in [6.45, 7) is 5.52. The van der Waals surface area contributed by atoms with E-state index < -0.39 is 0 Å². The molecule has 1 aromatic heterocycles. The molecule has 114 valence electrons. The van der Waals surface area contributed by atoms with E-state index in [0.29, 0.717) is 26.2 Å². The van der Waals surface area contributed by atoms with Crippen LogP contribution in [0.15, 0.2) is 29.5 Å². The Bertz CT molecular complexity index is 488. The van der Waals surface area contributed by atoms with Gasteiger partial charge in [-0.2, -0.15) is 11.3 Å². The highest BCUT2D eigenvalue weighted by atomic mass is 32.1. The third kappa shape index (κ3) is 3.20. The molecular formula is C16H21NO3S. The van der Waals surface area contributed by atoms with Gasteiger partial charge in [0.1, 0.15) is 6.10 Å². The summed E-state index contributed by atoms with van der Waals surface area (Å²) in [4.78, 5) is 14.5. The first-order valence-electron chi connectivity index (χ1n) is 7.44. The second-order valence-corrected chi connectivity index (χ2v) is 6.32. The number of carbonyl (C=O) groups excluding carboxylic acids is 1. The molecule has 0 N–H and O–H groups in total. The fourth-order valence-corrected chi connectivity index (χ4v) is 3.93. The van der Waals surface area contributed by atoms with Gasteiger partial charge in [0.25, 0.3) is 0 Å². The predicted octanol–water partition coefficient (Wildman–Crippen LogP) is 2.25. The van der Waals surface area contributed by atoms with Gasteiger partial charge in [-0.3, -0.25) is 4.79 Å². The maximum atomic E-state index is 12.5. The quantitative estimate of drug-likeness (QED) is 0.783. The van der Waals surface area contributed by atoms with E-state index in [1.807, 2.05) is 21.7 Å². The van der Waals surface area contributed by atoms with Crippen LogP contribution in [0.5, 0.6) is 0 Å². The second-order valence-electron chi connectivity index (χ2n) is 5.54. The van der Waals surface area contributed by atoms with Crippen molar-refractivity contribution in [1.29, 1.82) is 0 Å². The lowest BCUT2D eigenvalue weighted by Crippen LogP contribution is -2.54. The lowest BCUT2D eigenvalue weighted by molar-refractivity contribution is -0.150. The number of hydrogen-bond donors (Lipinski definition) is 0. The van der Waals surface area contributed by atoms with E-state index >= 15 is 0 Å². The number of carbonyl (C=O) groups is 1. The molecule has 2 heterocycles. The maximum Gasteiger partial charge on any atom is 0.227 e. The number of nitrogens with zero attached hydrogens (tertiary/aromatic N) is 1. The van der Waals surface area contributed by atoms with Crippen LogP contribution in [0.1, 0.15) is 18.4 Å². The van der Waals surface area contributed by atoms with E-state index in [9.17, 15) is 4.79 Å². The molecule has 0 unspecified atom stereocenters. The van der Waals surface area contributed by atoms with Crippen LogP contribution in [0.2, 0.25) is 0 Å². The molecule has 2 aliphatic rings. The summed E-state index contributed by atoms with van der Waals surface area (Å²) in [6, 6.07) is 2.19. The number of amides is 1. The van der Waals surface area contributed by atoms with Gasteiger partial charge in [-0.1, -0.05) is 6.08 Å². The van der Waals surface area contributed by atoms with Crippen molar-refractivity contribution in [2.75, 3.05) is 19.8 Å². The Morgan fingerprint density at radius 1 is 1.57 bits per heavy atom.